The number of hydrogen-bond donors (Lipinski definition) is 0. The van der Waals surface area contributed by atoms with Crippen molar-refractivity contribution < 1.29 is 0 Å². The fourth-order valence-corrected chi connectivity index (χ4v) is 8.04. The summed E-state index contributed by atoms with van der Waals surface area (Å²) in [4.78, 5) is 0. The van der Waals surface area contributed by atoms with Gasteiger partial charge < -0.3 is 0 Å². The molecular weight excluding hydrogens is 412 g/mol. The molecule has 2 heteroatoms. The van der Waals surface area contributed by atoms with Gasteiger partial charge in [-0.3, -0.25) is 0 Å². The van der Waals surface area contributed by atoms with Crippen molar-refractivity contribution >= 4 is 0 Å². The van der Waals surface area contributed by atoms with Crippen LogP contribution in [0.15, 0.2) is 108 Å². The van der Waals surface area contributed by atoms with Crippen molar-refractivity contribution in [3.8, 4) is 12.1 Å². The van der Waals surface area contributed by atoms with Gasteiger partial charge in [0.15, 0.2) is 0 Å². The average Bonchev–Trinajstić information content (AvgIpc) is 3.25. The topological polar surface area (TPSA) is 47.6 Å². The van der Waals surface area contributed by atoms with Crippen molar-refractivity contribution in [1.82, 2.24) is 0 Å². The van der Waals surface area contributed by atoms with E-state index in [0.717, 1.165) is 30.4 Å². The SMILES string of the molecule is N#C[C@@]12C[C@H](c3ccccc3)[C@@]13C=CCC1=C3[C@](C#N)(c3ccccc32)[C@H](c2ccccc2)C1. The van der Waals surface area contributed by atoms with E-state index in [9.17, 15) is 10.5 Å². The van der Waals surface area contributed by atoms with Crippen LogP contribution in [0.25, 0.3) is 0 Å². The minimum atomic E-state index is -0.758. The Morgan fingerprint density at radius 1 is 0.706 bits per heavy atom. The molecule has 5 atom stereocenters. The summed E-state index contributed by atoms with van der Waals surface area (Å²) < 4.78 is 0. The van der Waals surface area contributed by atoms with Crippen molar-refractivity contribution in [2.24, 2.45) is 5.41 Å². The first-order chi connectivity index (χ1) is 16.7. The number of fused-ring (bicyclic) bond motifs is 3. The lowest BCUT2D eigenvalue weighted by Crippen LogP contribution is -2.65. The molecule has 2 nitrogen and oxygen atoms in total. The monoisotopic (exact) mass is 436 g/mol. The summed E-state index contributed by atoms with van der Waals surface area (Å²) in [6.07, 6.45) is 7.13. The van der Waals surface area contributed by atoms with E-state index in [1.165, 1.54) is 22.3 Å². The zero-order chi connectivity index (χ0) is 23.0. The van der Waals surface area contributed by atoms with Gasteiger partial charge in [0.25, 0.3) is 0 Å². The summed E-state index contributed by atoms with van der Waals surface area (Å²) in [7, 11) is 0. The fourth-order valence-electron chi connectivity index (χ4n) is 8.04. The van der Waals surface area contributed by atoms with Crippen molar-refractivity contribution in [2.75, 3.05) is 0 Å². The highest BCUT2D eigenvalue weighted by Gasteiger charge is 2.76. The molecule has 3 aromatic rings. The maximum absolute atomic E-state index is 11.1. The lowest BCUT2D eigenvalue weighted by molar-refractivity contribution is 0.0604. The van der Waals surface area contributed by atoms with E-state index in [1.807, 2.05) is 18.2 Å². The Kier molecular flexibility index (Phi) is 3.79. The molecule has 0 bridgehead atoms. The molecular formula is C32H24N2. The van der Waals surface area contributed by atoms with Gasteiger partial charge in [0.2, 0.25) is 0 Å². The Balaban J connectivity index is 1.59. The summed E-state index contributed by atoms with van der Waals surface area (Å²) >= 11 is 0. The zero-order valence-corrected chi connectivity index (χ0v) is 18.9. The van der Waals surface area contributed by atoms with Crippen molar-refractivity contribution in [2.45, 2.75) is 41.9 Å². The molecule has 0 N–H and O–H groups in total. The predicted molar refractivity (Wildman–Crippen MR) is 132 cm³/mol. The van der Waals surface area contributed by atoms with Gasteiger partial charge in [0.1, 0.15) is 5.41 Å². The van der Waals surface area contributed by atoms with Gasteiger partial charge >= 0.3 is 0 Å². The first-order valence-corrected chi connectivity index (χ1v) is 12.2. The van der Waals surface area contributed by atoms with Crippen LogP contribution in [0, 0.1) is 28.1 Å². The van der Waals surface area contributed by atoms with Crippen LogP contribution in [0.5, 0.6) is 0 Å². The van der Waals surface area contributed by atoms with Crippen molar-refractivity contribution in [3.63, 3.8) is 0 Å². The number of hydrogen-bond acceptors (Lipinski definition) is 2. The van der Waals surface area contributed by atoms with Crippen LogP contribution in [0.1, 0.15) is 53.4 Å². The first kappa shape index (κ1) is 19.6. The van der Waals surface area contributed by atoms with Gasteiger partial charge in [-0.2, -0.15) is 10.5 Å². The molecule has 0 heterocycles. The molecule has 7 rings (SSSR count). The predicted octanol–water partition coefficient (Wildman–Crippen LogP) is 6.84. The van der Waals surface area contributed by atoms with Gasteiger partial charge in [-0.25, -0.2) is 0 Å². The molecule has 4 aliphatic rings. The quantitative estimate of drug-likeness (QED) is 0.413. The van der Waals surface area contributed by atoms with E-state index in [1.54, 1.807) is 0 Å². The maximum atomic E-state index is 11.1. The van der Waals surface area contributed by atoms with Gasteiger partial charge in [-0.1, -0.05) is 103 Å². The highest BCUT2D eigenvalue weighted by molar-refractivity contribution is 5.73. The number of nitrogens with zero attached hydrogens (tertiary/aromatic N) is 2. The third-order valence-corrected chi connectivity index (χ3v) is 9.23. The Hall–Kier alpha value is -3.88. The van der Waals surface area contributed by atoms with E-state index in [0.29, 0.717) is 0 Å². The maximum Gasteiger partial charge on any atom is 0.112 e. The van der Waals surface area contributed by atoms with E-state index < -0.39 is 16.2 Å². The van der Waals surface area contributed by atoms with Crippen LogP contribution in [-0.4, -0.2) is 0 Å². The molecule has 0 amide bonds. The van der Waals surface area contributed by atoms with Crippen LogP contribution in [0.4, 0.5) is 0 Å². The summed E-state index contributed by atoms with van der Waals surface area (Å²) in [6.45, 7) is 0. The smallest absolute Gasteiger partial charge is 0.112 e. The van der Waals surface area contributed by atoms with Crippen molar-refractivity contribution in [1.29, 1.82) is 10.5 Å². The molecule has 1 spiro atoms. The second kappa shape index (κ2) is 6.59. The fraction of sp³-hybridized carbons (Fsp3) is 0.250. The Morgan fingerprint density at radius 3 is 1.97 bits per heavy atom. The number of nitriles is 2. The lowest BCUT2D eigenvalue weighted by Gasteiger charge is -2.67. The third kappa shape index (κ3) is 1.98. The molecule has 162 valence electrons. The Bertz CT molecular complexity index is 1470. The van der Waals surface area contributed by atoms with Crippen LogP contribution in [-0.2, 0) is 10.8 Å². The van der Waals surface area contributed by atoms with Crippen LogP contribution in [0.3, 0.4) is 0 Å². The van der Waals surface area contributed by atoms with Crippen LogP contribution >= 0.6 is 0 Å². The molecule has 1 fully saturated rings. The second-order valence-corrected chi connectivity index (χ2v) is 10.3. The summed E-state index contributed by atoms with van der Waals surface area (Å²) in [5.74, 6) is 0.237. The minimum absolute atomic E-state index is 0.0512. The van der Waals surface area contributed by atoms with Crippen LogP contribution in [0.2, 0.25) is 0 Å². The number of allylic oxidation sites excluding steroid dienone is 4. The molecule has 0 aliphatic heterocycles. The minimum Gasteiger partial charge on any atom is -0.197 e. The van der Waals surface area contributed by atoms with E-state index in [2.05, 4.69) is 91.0 Å². The number of rotatable bonds is 2. The molecule has 0 radical (unpaired) electrons. The number of benzene rings is 3. The molecule has 1 saturated carbocycles. The summed E-state index contributed by atoms with van der Waals surface area (Å²) in [5, 5.41) is 22.0. The first-order valence-electron chi connectivity index (χ1n) is 12.2. The third-order valence-electron chi connectivity index (χ3n) is 9.23. The summed E-state index contributed by atoms with van der Waals surface area (Å²) in [6, 6.07) is 35.3. The molecule has 0 saturated heterocycles. The largest absolute Gasteiger partial charge is 0.197 e. The van der Waals surface area contributed by atoms with Crippen molar-refractivity contribution in [3.05, 3.63) is 130 Å². The van der Waals surface area contributed by atoms with Gasteiger partial charge in [0, 0.05) is 17.3 Å². The second-order valence-electron chi connectivity index (χ2n) is 10.3. The zero-order valence-electron chi connectivity index (χ0n) is 18.9. The van der Waals surface area contributed by atoms with Crippen LogP contribution < -0.4 is 0 Å². The lowest BCUT2D eigenvalue weighted by atomic mass is 9.32. The molecule has 0 aromatic heterocycles. The van der Waals surface area contributed by atoms with E-state index in [-0.39, 0.29) is 11.8 Å². The normalized spacial score (nSPS) is 34.2. The van der Waals surface area contributed by atoms with E-state index >= 15 is 0 Å². The highest BCUT2D eigenvalue weighted by atomic mass is 14.8. The summed E-state index contributed by atoms with van der Waals surface area (Å²) in [5.41, 5.74) is 5.31. The van der Waals surface area contributed by atoms with Gasteiger partial charge in [-0.05, 0) is 47.1 Å². The molecule has 3 aromatic carbocycles. The standard InChI is InChI=1S/C32H24N2/c33-20-30-19-28(23-12-5-2-6-13-23)32(30)17-9-14-24-18-27(22-10-3-1-4-11-22)31(21-34,29(24)32)26-16-8-7-15-25(26)30/h1-13,15-17,27-28H,14,18-19H2/t27-,28+,30+,31+,32+/m0/s1. The molecule has 0 unspecified atom stereocenters. The Labute approximate surface area is 200 Å². The molecule has 34 heavy (non-hydrogen) atoms. The highest BCUT2D eigenvalue weighted by Crippen LogP contribution is 2.79. The molecule has 4 aliphatic carbocycles. The van der Waals surface area contributed by atoms with E-state index in [4.69, 9.17) is 0 Å². The van der Waals surface area contributed by atoms with Gasteiger partial charge in [-0.15, -0.1) is 0 Å². The Morgan fingerprint density at radius 2 is 1.32 bits per heavy atom. The van der Waals surface area contributed by atoms with Gasteiger partial charge in [0.05, 0.1) is 17.6 Å². The average molecular weight is 437 g/mol.